The van der Waals surface area contributed by atoms with Gasteiger partial charge in [0, 0.05) is 6.04 Å². The average Bonchev–Trinajstić information content (AvgIpc) is 2.24. The lowest BCUT2D eigenvalue weighted by Gasteiger charge is -2.19. The Kier molecular flexibility index (Phi) is 4.54. The summed E-state index contributed by atoms with van der Waals surface area (Å²) >= 11 is 0. The molecule has 3 N–H and O–H groups in total. The first-order valence-corrected chi connectivity index (χ1v) is 5.48. The number of hydrogen-bond donors (Lipinski definition) is 2. The van der Waals surface area contributed by atoms with Crippen LogP contribution in [0.2, 0.25) is 0 Å². The predicted molar refractivity (Wildman–Crippen MR) is 61.0 cm³/mol. The third-order valence-corrected chi connectivity index (χ3v) is 2.55. The zero-order chi connectivity index (χ0) is 13.1. The van der Waals surface area contributed by atoms with E-state index < -0.39 is 11.7 Å². The minimum atomic E-state index is -4.29. The lowest BCUT2D eigenvalue weighted by Crippen LogP contribution is -2.29. The lowest BCUT2D eigenvalue weighted by atomic mass is 9.97. The smallest absolute Gasteiger partial charge is 0.271 e. The molecule has 2 nitrogen and oxygen atoms in total. The number of nitrogens with one attached hydrogen (secondary N) is 1. The standard InChI is InChI=1S/C12H17F3N2/c1-8(2)7-11(17-16)9-3-5-10(6-4-9)12(13,14)15/h3-6,8,11,17H,7,16H2,1-2H3. The zero-order valence-electron chi connectivity index (χ0n) is 9.88. The maximum atomic E-state index is 12.4. The molecule has 17 heavy (non-hydrogen) atoms. The highest BCUT2D eigenvalue weighted by Gasteiger charge is 2.30. The lowest BCUT2D eigenvalue weighted by molar-refractivity contribution is -0.137. The third-order valence-electron chi connectivity index (χ3n) is 2.55. The number of alkyl halides is 3. The fraction of sp³-hybridized carbons (Fsp3) is 0.500. The van der Waals surface area contributed by atoms with Gasteiger partial charge in [0.15, 0.2) is 0 Å². The first-order valence-electron chi connectivity index (χ1n) is 5.48. The van der Waals surface area contributed by atoms with E-state index in [1.807, 2.05) is 13.8 Å². The van der Waals surface area contributed by atoms with Gasteiger partial charge in [0.25, 0.3) is 0 Å². The van der Waals surface area contributed by atoms with Gasteiger partial charge in [-0.3, -0.25) is 11.3 Å². The molecule has 1 unspecified atom stereocenters. The molecule has 0 heterocycles. The summed E-state index contributed by atoms with van der Waals surface area (Å²) < 4.78 is 37.1. The molecular formula is C12H17F3N2. The van der Waals surface area contributed by atoms with Gasteiger partial charge >= 0.3 is 6.18 Å². The number of halogens is 3. The molecule has 0 aliphatic heterocycles. The van der Waals surface area contributed by atoms with Crippen molar-refractivity contribution in [1.82, 2.24) is 5.43 Å². The number of hydrazine groups is 1. The molecule has 1 aromatic rings. The second-order valence-corrected chi connectivity index (χ2v) is 4.47. The van der Waals surface area contributed by atoms with Crippen molar-refractivity contribution < 1.29 is 13.2 Å². The SMILES string of the molecule is CC(C)CC(NN)c1ccc(C(F)(F)F)cc1. The van der Waals surface area contributed by atoms with Crippen LogP contribution in [-0.4, -0.2) is 0 Å². The molecule has 1 rings (SSSR count). The van der Waals surface area contributed by atoms with E-state index in [1.54, 1.807) is 0 Å². The van der Waals surface area contributed by atoms with Crippen molar-refractivity contribution in [3.8, 4) is 0 Å². The van der Waals surface area contributed by atoms with Crippen LogP contribution in [0.15, 0.2) is 24.3 Å². The summed E-state index contributed by atoms with van der Waals surface area (Å²) in [7, 11) is 0. The molecule has 0 spiro atoms. The van der Waals surface area contributed by atoms with E-state index in [0.29, 0.717) is 5.92 Å². The topological polar surface area (TPSA) is 38.0 Å². The molecule has 0 aliphatic rings. The molecule has 0 saturated heterocycles. The van der Waals surface area contributed by atoms with Crippen molar-refractivity contribution >= 4 is 0 Å². The molecule has 0 bridgehead atoms. The van der Waals surface area contributed by atoms with Gasteiger partial charge in [0.05, 0.1) is 5.56 Å². The molecule has 0 aromatic heterocycles. The van der Waals surface area contributed by atoms with Gasteiger partial charge in [-0.05, 0) is 30.0 Å². The summed E-state index contributed by atoms with van der Waals surface area (Å²) in [6, 6.07) is 4.99. The van der Waals surface area contributed by atoms with Crippen molar-refractivity contribution in [3.05, 3.63) is 35.4 Å². The highest BCUT2D eigenvalue weighted by Crippen LogP contribution is 2.30. The van der Waals surface area contributed by atoms with E-state index in [1.165, 1.54) is 12.1 Å². The quantitative estimate of drug-likeness (QED) is 0.632. The van der Waals surface area contributed by atoms with E-state index in [4.69, 9.17) is 5.84 Å². The maximum Gasteiger partial charge on any atom is 0.416 e. The fourth-order valence-electron chi connectivity index (χ4n) is 1.68. The first kappa shape index (κ1) is 14.0. The Bertz CT molecular complexity index is 344. The number of rotatable bonds is 4. The monoisotopic (exact) mass is 246 g/mol. The molecule has 5 heteroatoms. The van der Waals surface area contributed by atoms with Crippen LogP contribution in [-0.2, 0) is 6.18 Å². The van der Waals surface area contributed by atoms with Crippen LogP contribution in [0.4, 0.5) is 13.2 Å². The van der Waals surface area contributed by atoms with Crippen LogP contribution in [0.1, 0.15) is 37.4 Å². The Morgan fingerprint density at radius 1 is 1.18 bits per heavy atom. The van der Waals surface area contributed by atoms with Crippen LogP contribution < -0.4 is 11.3 Å². The van der Waals surface area contributed by atoms with E-state index >= 15 is 0 Å². The van der Waals surface area contributed by atoms with Gasteiger partial charge in [0.1, 0.15) is 0 Å². The van der Waals surface area contributed by atoms with Crippen molar-refractivity contribution in [2.75, 3.05) is 0 Å². The average molecular weight is 246 g/mol. The van der Waals surface area contributed by atoms with Crippen LogP contribution in [0.5, 0.6) is 0 Å². The molecular weight excluding hydrogens is 229 g/mol. The second kappa shape index (κ2) is 5.51. The highest BCUT2D eigenvalue weighted by molar-refractivity contribution is 5.26. The molecule has 96 valence electrons. The third kappa shape index (κ3) is 4.02. The van der Waals surface area contributed by atoms with Crippen molar-refractivity contribution in [1.29, 1.82) is 0 Å². The Labute approximate surface area is 99.0 Å². The first-order chi connectivity index (χ1) is 7.84. The van der Waals surface area contributed by atoms with Crippen molar-refractivity contribution in [2.24, 2.45) is 11.8 Å². The van der Waals surface area contributed by atoms with Crippen LogP contribution in [0.3, 0.4) is 0 Å². The number of nitrogens with two attached hydrogens (primary N) is 1. The van der Waals surface area contributed by atoms with Crippen molar-refractivity contribution in [2.45, 2.75) is 32.5 Å². The normalized spacial score (nSPS) is 14.1. The van der Waals surface area contributed by atoms with Crippen LogP contribution >= 0.6 is 0 Å². The van der Waals surface area contributed by atoms with Gasteiger partial charge in [-0.1, -0.05) is 26.0 Å². The highest BCUT2D eigenvalue weighted by atomic mass is 19.4. The second-order valence-electron chi connectivity index (χ2n) is 4.47. The van der Waals surface area contributed by atoms with Gasteiger partial charge < -0.3 is 0 Å². The molecule has 0 amide bonds. The zero-order valence-corrected chi connectivity index (χ0v) is 9.88. The van der Waals surface area contributed by atoms with Gasteiger partial charge in [-0.15, -0.1) is 0 Å². The molecule has 1 aromatic carbocycles. The Hall–Kier alpha value is -1.07. The largest absolute Gasteiger partial charge is 0.416 e. The minimum Gasteiger partial charge on any atom is -0.271 e. The van der Waals surface area contributed by atoms with Crippen LogP contribution in [0.25, 0.3) is 0 Å². The maximum absolute atomic E-state index is 12.4. The Morgan fingerprint density at radius 2 is 1.71 bits per heavy atom. The Morgan fingerprint density at radius 3 is 2.06 bits per heavy atom. The summed E-state index contributed by atoms with van der Waals surface area (Å²) in [5, 5.41) is 0. The molecule has 0 radical (unpaired) electrons. The Balaban J connectivity index is 2.85. The molecule has 0 fully saturated rings. The number of hydrogen-bond acceptors (Lipinski definition) is 2. The van der Waals surface area contributed by atoms with E-state index in [2.05, 4.69) is 5.43 Å². The summed E-state index contributed by atoms with van der Waals surface area (Å²) in [6.07, 6.45) is -3.51. The van der Waals surface area contributed by atoms with E-state index in [9.17, 15) is 13.2 Å². The van der Waals surface area contributed by atoms with E-state index in [0.717, 1.165) is 24.1 Å². The van der Waals surface area contributed by atoms with Crippen LogP contribution in [0, 0.1) is 5.92 Å². The van der Waals surface area contributed by atoms with Gasteiger partial charge in [-0.25, -0.2) is 0 Å². The minimum absolute atomic E-state index is 0.114. The fourth-order valence-corrected chi connectivity index (χ4v) is 1.68. The summed E-state index contributed by atoms with van der Waals surface area (Å²) in [5.41, 5.74) is 2.76. The van der Waals surface area contributed by atoms with E-state index in [-0.39, 0.29) is 6.04 Å². The number of benzene rings is 1. The molecule has 1 atom stereocenters. The van der Waals surface area contributed by atoms with Crippen molar-refractivity contribution in [3.63, 3.8) is 0 Å². The van der Waals surface area contributed by atoms with Gasteiger partial charge in [0.2, 0.25) is 0 Å². The van der Waals surface area contributed by atoms with Gasteiger partial charge in [-0.2, -0.15) is 13.2 Å². The predicted octanol–water partition coefficient (Wildman–Crippen LogP) is 3.26. The summed E-state index contributed by atoms with van der Waals surface area (Å²) in [4.78, 5) is 0. The summed E-state index contributed by atoms with van der Waals surface area (Å²) in [6.45, 7) is 4.07. The molecule has 0 aliphatic carbocycles. The summed E-state index contributed by atoms with van der Waals surface area (Å²) in [5.74, 6) is 5.82. The molecule has 0 saturated carbocycles.